The number of benzene rings is 1. The first-order valence-corrected chi connectivity index (χ1v) is 7.26. The van der Waals surface area contributed by atoms with E-state index in [0.717, 1.165) is 16.8 Å². The first-order valence-electron chi connectivity index (χ1n) is 7.26. The van der Waals surface area contributed by atoms with Gasteiger partial charge in [0.15, 0.2) is 0 Å². The molecular formula is C17H16N4O2. The van der Waals surface area contributed by atoms with Crippen molar-refractivity contribution in [3.8, 4) is 5.69 Å². The number of esters is 1. The maximum Gasteiger partial charge on any atom is 0.338 e. The fraction of sp³-hybridized carbons (Fsp3) is 0.176. The zero-order valence-corrected chi connectivity index (χ0v) is 12.7. The van der Waals surface area contributed by atoms with Crippen LogP contribution in [-0.4, -0.2) is 32.3 Å². The average Bonchev–Trinajstić information content (AvgIpc) is 3.10. The van der Waals surface area contributed by atoms with Crippen molar-refractivity contribution in [3.63, 3.8) is 0 Å². The monoisotopic (exact) mass is 308 g/mol. The second-order valence-electron chi connectivity index (χ2n) is 5.09. The van der Waals surface area contributed by atoms with Crippen LogP contribution in [0.3, 0.4) is 0 Å². The van der Waals surface area contributed by atoms with E-state index in [1.807, 2.05) is 25.1 Å². The van der Waals surface area contributed by atoms with E-state index in [4.69, 9.17) is 4.74 Å². The lowest BCUT2D eigenvalue weighted by Crippen LogP contribution is -2.09. The predicted octanol–water partition coefficient (Wildman–Crippen LogP) is 2.37. The van der Waals surface area contributed by atoms with Gasteiger partial charge in [0.05, 0.1) is 17.9 Å². The van der Waals surface area contributed by atoms with Crippen molar-refractivity contribution in [1.29, 1.82) is 0 Å². The number of nitrogens with zero attached hydrogens (tertiary/aromatic N) is 4. The molecule has 0 spiro atoms. The molecule has 2 heterocycles. The molecule has 0 fully saturated rings. The third-order valence-corrected chi connectivity index (χ3v) is 3.44. The highest BCUT2D eigenvalue weighted by molar-refractivity contribution is 5.90. The van der Waals surface area contributed by atoms with Gasteiger partial charge in [-0.05, 0) is 42.3 Å². The number of carbonyl (C=O) groups is 1. The molecule has 0 radical (unpaired) electrons. The van der Waals surface area contributed by atoms with Crippen LogP contribution in [0.25, 0.3) is 5.69 Å². The van der Waals surface area contributed by atoms with Gasteiger partial charge in [0.25, 0.3) is 0 Å². The summed E-state index contributed by atoms with van der Waals surface area (Å²) in [6.07, 6.45) is 7.23. The normalized spacial score (nSPS) is 10.5. The van der Waals surface area contributed by atoms with Gasteiger partial charge in [0, 0.05) is 18.8 Å². The van der Waals surface area contributed by atoms with Gasteiger partial charge < -0.3 is 4.74 Å². The number of aryl methyl sites for hydroxylation is 1. The fourth-order valence-corrected chi connectivity index (χ4v) is 2.26. The molecule has 0 aliphatic heterocycles. The number of hydrogen-bond acceptors (Lipinski definition) is 5. The minimum Gasteiger partial charge on any atom is -0.462 e. The Morgan fingerprint density at radius 2 is 2.17 bits per heavy atom. The molecule has 3 aromatic rings. The number of pyridine rings is 1. The van der Waals surface area contributed by atoms with E-state index in [1.165, 1.54) is 6.33 Å². The zero-order chi connectivity index (χ0) is 16.1. The number of ether oxygens (including phenoxy) is 1. The number of rotatable bonds is 5. The second-order valence-corrected chi connectivity index (χ2v) is 5.09. The lowest BCUT2D eigenvalue weighted by molar-refractivity contribution is 0.0509. The zero-order valence-electron chi connectivity index (χ0n) is 12.7. The standard InChI is InChI=1S/C17H16N4O2/c1-13-9-15(4-5-16(13)21-12-19-11-20-21)17(22)23-8-6-14-3-2-7-18-10-14/h2-5,7,9-12H,6,8H2,1H3. The molecule has 0 atom stereocenters. The smallest absolute Gasteiger partial charge is 0.338 e. The molecule has 116 valence electrons. The SMILES string of the molecule is Cc1cc(C(=O)OCCc2cccnc2)ccc1-n1cncn1. The number of hydrogen-bond donors (Lipinski definition) is 0. The van der Waals surface area contributed by atoms with Crippen molar-refractivity contribution in [2.75, 3.05) is 6.61 Å². The van der Waals surface area contributed by atoms with Crippen LogP contribution in [-0.2, 0) is 11.2 Å². The van der Waals surface area contributed by atoms with Crippen LogP contribution >= 0.6 is 0 Å². The summed E-state index contributed by atoms with van der Waals surface area (Å²) < 4.78 is 6.98. The molecule has 0 saturated heterocycles. The van der Waals surface area contributed by atoms with Gasteiger partial charge in [0.1, 0.15) is 12.7 Å². The highest BCUT2D eigenvalue weighted by Crippen LogP contribution is 2.15. The molecule has 0 bridgehead atoms. The molecular weight excluding hydrogens is 292 g/mol. The van der Waals surface area contributed by atoms with Crippen molar-refractivity contribution in [2.45, 2.75) is 13.3 Å². The van der Waals surface area contributed by atoms with E-state index < -0.39 is 0 Å². The molecule has 0 aliphatic carbocycles. The van der Waals surface area contributed by atoms with Crippen molar-refractivity contribution < 1.29 is 9.53 Å². The summed E-state index contributed by atoms with van der Waals surface area (Å²) in [6.45, 7) is 2.25. The van der Waals surface area contributed by atoms with Crippen molar-refractivity contribution in [1.82, 2.24) is 19.7 Å². The molecule has 23 heavy (non-hydrogen) atoms. The van der Waals surface area contributed by atoms with Crippen LogP contribution < -0.4 is 0 Å². The van der Waals surface area contributed by atoms with Crippen LogP contribution in [0.1, 0.15) is 21.5 Å². The molecule has 2 aromatic heterocycles. The summed E-state index contributed by atoms with van der Waals surface area (Å²) in [6, 6.07) is 9.18. The van der Waals surface area contributed by atoms with Crippen molar-refractivity contribution in [3.05, 3.63) is 72.1 Å². The van der Waals surface area contributed by atoms with E-state index in [0.29, 0.717) is 18.6 Å². The molecule has 6 nitrogen and oxygen atoms in total. The Morgan fingerprint density at radius 3 is 2.87 bits per heavy atom. The highest BCUT2D eigenvalue weighted by Gasteiger charge is 2.10. The summed E-state index contributed by atoms with van der Waals surface area (Å²) >= 11 is 0. The van der Waals surface area contributed by atoms with Gasteiger partial charge in [-0.25, -0.2) is 14.5 Å². The molecule has 6 heteroatoms. The third-order valence-electron chi connectivity index (χ3n) is 3.44. The molecule has 1 aromatic carbocycles. The fourth-order valence-electron chi connectivity index (χ4n) is 2.26. The highest BCUT2D eigenvalue weighted by atomic mass is 16.5. The van der Waals surface area contributed by atoms with Crippen molar-refractivity contribution >= 4 is 5.97 Å². The average molecular weight is 308 g/mol. The van der Waals surface area contributed by atoms with Gasteiger partial charge in [-0.3, -0.25) is 4.98 Å². The van der Waals surface area contributed by atoms with Gasteiger partial charge in [-0.1, -0.05) is 6.07 Å². The lowest BCUT2D eigenvalue weighted by Gasteiger charge is -2.08. The number of carbonyl (C=O) groups excluding carboxylic acids is 1. The van der Waals surface area contributed by atoms with Crippen LogP contribution in [0.15, 0.2) is 55.4 Å². The van der Waals surface area contributed by atoms with Crippen LogP contribution in [0.5, 0.6) is 0 Å². The van der Waals surface area contributed by atoms with E-state index in [1.54, 1.807) is 35.5 Å². The van der Waals surface area contributed by atoms with Crippen LogP contribution in [0.4, 0.5) is 0 Å². The van der Waals surface area contributed by atoms with E-state index in [2.05, 4.69) is 15.1 Å². The Balaban J connectivity index is 1.62. The quantitative estimate of drug-likeness (QED) is 0.677. The predicted molar refractivity (Wildman–Crippen MR) is 84.3 cm³/mol. The molecule has 0 amide bonds. The van der Waals surface area contributed by atoms with E-state index in [-0.39, 0.29) is 5.97 Å². The second kappa shape index (κ2) is 6.83. The summed E-state index contributed by atoms with van der Waals surface area (Å²) in [4.78, 5) is 20.1. The summed E-state index contributed by atoms with van der Waals surface area (Å²) in [7, 11) is 0. The lowest BCUT2D eigenvalue weighted by atomic mass is 10.1. The number of aromatic nitrogens is 4. The van der Waals surface area contributed by atoms with Crippen LogP contribution in [0.2, 0.25) is 0 Å². The molecule has 0 aliphatic rings. The van der Waals surface area contributed by atoms with Crippen molar-refractivity contribution in [2.24, 2.45) is 0 Å². The Kier molecular flexibility index (Phi) is 4.42. The molecule has 0 N–H and O–H groups in total. The molecule has 0 unspecified atom stereocenters. The summed E-state index contributed by atoms with van der Waals surface area (Å²) in [5.74, 6) is -0.331. The van der Waals surface area contributed by atoms with Gasteiger partial charge in [-0.15, -0.1) is 0 Å². The Morgan fingerprint density at radius 1 is 1.26 bits per heavy atom. The first kappa shape index (κ1) is 14.9. The van der Waals surface area contributed by atoms with Gasteiger partial charge >= 0.3 is 5.97 Å². The summed E-state index contributed by atoms with van der Waals surface area (Å²) in [5, 5.41) is 4.09. The Bertz CT molecular complexity index is 786. The minimum atomic E-state index is -0.331. The largest absolute Gasteiger partial charge is 0.462 e. The van der Waals surface area contributed by atoms with E-state index in [9.17, 15) is 4.79 Å². The van der Waals surface area contributed by atoms with Gasteiger partial charge in [0.2, 0.25) is 0 Å². The van der Waals surface area contributed by atoms with Crippen LogP contribution in [0, 0.1) is 6.92 Å². The summed E-state index contributed by atoms with van der Waals surface area (Å²) in [5.41, 5.74) is 3.38. The van der Waals surface area contributed by atoms with E-state index >= 15 is 0 Å². The maximum atomic E-state index is 12.1. The minimum absolute atomic E-state index is 0.328. The maximum absolute atomic E-state index is 12.1. The third kappa shape index (κ3) is 3.60. The first-order chi connectivity index (χ1) is 11.2. The molecule has 0 saturated carbocycles. The Hall–Kier alpha value is -3.02. The topological polar surface area (TPSA) is 69.9 Å². The van der Waals surface area contributed by atoms with Gasteiger partial charge in [-0.2, -0.15) is 5.10 Å². The Labute approximate surface area is 133 Å². The molecule has 3 rings (SSSR count).